The minimum absolute atomic E-state index is 0.0869. The number of ether oxygens (including phenoxy) is 1. The molecule has 7 heteroatoms. The lowest BCUT2D eigenvalue weighted by Crippen LogP contribution is -2.43. The van der Waals surface area contributed by atoms with Crippen LogP contribution in [0.2, 0.25) is 0 Å². The van der Waals surface area contributed by atoms with Crippen molar-refractivity contribution in [2.75, 3.05) is 20.2 Å². The fourth-order valence-corrected chi connectivity index (χ4v) is 5.37. The molecule has 1 aliphatic heterocycles. The quantitative estimate of drug-likeness (QED) is 0.700. The first-order valence-corrected chi connectivity index (χ1v) is 9.94. The standard InChI is InChI=1S/C19H20BrNO4S/c1-25-17(22)7-14-10-21(9-13-5-3-2-4-6-13)12-19(14,18(23)24)16-8-15(20)11-26-16/h2-6,8,11,14H,7,9-10,12H2,1H3,(H,23,24). The summed E-state index contributed by atoms with van der Waals surface area (Å²) in [4.78, 5) is 27.2. The molecule has 138 valence electrons. The van der Waals surface area contributed by atoms with E-state index in [9.17, 15) is 14.7 Å². The van der Waals surface area contributed by atoms with E-state index >= 15 is 0 Å². The lowest BCUT2D eigenvalue weighted by Gasteiger charge is -2.29. The highest BCUT2D eigenvalue weighted by atomic mass is 79.9. The number of esters is 1. The molecule has 1 aliphatic rings. The molecule has 26 heavy (non-hydrogen) atoms. The van der Waals surface area contributed by atoms with Gasteiger partial charge in [0.1, 0.15) is 5.41 Å². The van der Waals surface area contributed by atoms with Gasteiger partial charge in [0.05, 0.1) is 13.5 Å². The number of carbonyl (C=O) groups excluding carboxylic acids is 1. The number of benzene rings is 1. The second kappa shape index (κ2) is 7.90. The summed E-state index contributed by atoms with van der Waals surface area (Å²) >= 11 is 4.83. The summed E-state index contributed by atoms with van der Waals surface area (Å²) in [6, 6.07) is 11.8. The van der Waals surface area contributed by atoms with E-state index in [1.807, 2.05) is 41.8 Å². The Morgan fingerprint density at radius 3 is 2.69 bits per heavy atom. The van der Waals surface area contributed by atoms with Crippen LogP contribution in [-0.2, 0) is 26.3 Å². The van der Waals surface area contributed by atoms with Crippen LogP contribution in [0.15, 0.2) is 46.3 Å². The number of carbonyl (C=O) groups is 2. The third kappa shape index (κ3) is 3.70. The normalized spacial score (nSPS) is 23.1. The van der Waals surface area contributed by atoms with Gasteiger partial charge in [-0.05, 0) is 27.6 Å². The van der Waals surface area contributed by atoms with E-state index < -0.39 is 11.4 Å². The summed E-state index contributed by atoms with van der Waals surface area (Å²) < 4.78 is 5.68. The van der Waals surface area contributed by atoms with Crippen LogP contribution in [0.25, 0.3) is 0 Å². The number of carboxylic acids is 1. The molecular weight excluding hydrogens is 418 g/mol. The molecule has 1 aromatic heterocycles. The Morgan fingerprint density at radius 1 is 1.38 bits per heavy atom. The van der Waals surface area contributed by atoms with Crippen LogP contribution in [0.4, 0.5) is 0 Å². The number of carboxylic acid groups (broad SMARTS) is 1. The van der Waals surface area contributed by atoms with Crippen molar-refractivity contribution >= 4 is 39.2 Å². The molecule has 1 fully saturated rings. The molecule has 1 N–H and O–H groups in total. The Labute approximate surface area is 164 Å². The van der Waals surface area contributed by atoms with Crippen molar-refractivity contribution in [3.8, 4) is 0 Å². The Balaban J connectivity index is 1.95. The minimum atomic E-state index is -1.11. The van der Waals surface area contributed by atoms with Crippen LogP contribution in [0.1, 0.15) is 16.9 Å². The van der Waals surface area contributed by atoms with Gasteiger partial charge in [0.2, 0.25) is 0 Å². The fourth-order valence-electron chi connectivity index (χ4n) is 3.67. The van der Waals surface area contributed by atoms with Gasteiger partial charge in [-0.15, -0.1) is 11.3 Å². The highest BCUT2D eigenvalue weighted by Crippen LogP contribution is 2.45. The van der Waals surface area contributed by atoms with E-state index in [4.69, 9.17) is 4.74 Å². The van der Waals surface area contributed by atoms with Gasteiger partial charge < -0.3 is 9.84 Å². The number of thiophene rings is 1. The molecular formula is C19H20BrNO4S. The van der Waals surface area contributed by atoms with Crippen molar-refractivity contribution in [1.29, 1.82) is 0 Å². The van der Waals surface area contributed by atoms with Gasteiger partial charge in [-0.1, -0.05) is 30.3 Å². The molecule has 0 saturated carbocycles. The van der Waals surface area contributed by atoms with Gasteiger partial charge in [0.25, 0.3) is 0 Å². The summed E-state index contributed by atoms with van der Waals surface area (Å²) in [6.07, 6.45) is 0.0869. The van der Waals surface area contributed by atoms with Crippen LogP contribution in [0.3, 0.4) is 0 Å². The number of hydrogen-bond donors (Lipinski definition) is 1. The summed E-state index contributed by atoms with van der Waals surface area (Å²) in [7, 11) is 1.34. The van der Waals surface area contributed by atoms with Crippen LogP contribution in [0.5, 0.6) is 0 Å². The third-order valence-corrected chi connectivity index (χ3v) is 6.80. The molecule has 0 radical (unpaired) electrons. The van der Waals surface area contributed by atoms with E-state index in [1.54, 1.807) is 0 Å². The molecule has 0 amide bonds. The number of nitrogens with zero attached hydrogens (tertiary/aromatic N) is 1. The first kappa shape index (κ1) is 19.1. The predicted molar refractivity (Wildman–Crippen MR) is 103 cm³/mol. The highest BCUT2D eigenvalue weighted by Gasteiger charge is 2.55. The molecule has 2 heterocycles. The van der Waals surface area contributed by atoms with Crippen molar-refractivity contribution in [3.63, 3.8) is 0 Å². The molecule has 5 nitrogen and oxygen atoms in total. The first-order chi connectivity index (χ1) is 12.5. The highest BCUT2D eigenvalue weighted by molar-refractivity contribution is 9.10. The molecule has 3 rings (SSSR count). The Hall–Kier alpha value is -1.70. The van der Waals surface area contributed by atoms with Gasteiger partial charge in [-0.25, -0.2) is 0 Å². The average Bonchev–Trinajstić information content (AvgIpc) is 3.20. The van der Waals surface area contributed by atoms with E-state index in [0.717, 1.165) is 14.9 Å². The molecule has 0 spiro atoms. The minimum Gasteiger partial charge on any atom is -0.481 e. The second-order valence-electron chi connectivity index (χ2n) is 6.54. The zero-order valence-electron chi connectivity index (χ0n) is 14.4. The lowest BCUT2D eigenvalue weighted by molar-refractivity contribution is -0.147. The van der Waals surface area contributed by atoms with Gasteiger partial charge in [-0.2, -0.15) is 0 Å². The zero-order chi connectivity index (χ0) is 18.7. The number of halogens is 1. The van der Waals surface area contributed by atoms with Gasteiger partial charge in [0, 0.05) is 40.3 Å². The maximum Gasteiger partial charge on any atom is 0.316 e. The maximum absolute atomic E-state index is 12.4. The van der Waals surface area contributed by atoms with Crippen molar-refractivity contribution < 1.29 is 19.4 Å². The van der Waals surface area contributed by atoms with Gasteiger partial charge >= 0.3 is 11.9 Å². The van der Waals surface area contributed by atoms with Crippen LogP contribution < -0.4 is 0 Å². The van der Waals surface area contributed by atoms with E-state index in [2.05, 4.69) is 20.8 Å². The summed E-state index contributed by atoms with van der Waals surface area (Å²) in [6.45, 7) is 1.55. The van der Waals surface area contributed by atoms with Crippen LogP contribution in [-0.4, -0.2) is 42.1 Å². The Morgan fingerprint density at radius 2 is 2.12 bits per heavy atom. The number of likely N-dealkylation sites (tertiary alicyclic amines) is 1. The van der Waals surface area contributed by atoms with E-state index in [0.29, 0.717) is 19.6 Å². The largest absolute Gasteiger partial charge is 0.481 e. The van der Waals surface area contributed by atoms with E-state index in [1.165, 1.54) is 18.4 Å². The molecule has 0 bridgehead atoms. The molecule has 1 aromatic carbocycles. The molecule has 0 aliphatic carbocycles. The van der Waals surface area contributed by atoms with Crippen LogP contribution >= 0.6 is 27.3 Å². The average molecular weight is 438 g/mol. The predicted octanol–water partition coefficient (Wildman–Crippen LogP) is 3.53. The lowest BCUT2D eigenvalue weighted by atomic mass is 9.75. The number of aliphatic carboxylic acids is 1. The Kier molecular flexibility index (Phi) is 5.79. The topological polar surface area (TPSA) is 66.8 Å². The molecule has 2 aromatic rings. The number of hydrogen-bond acceptors (Lipinski definition) is 5. The molecule has 2 unspecified atom stereocenters. The summed E-state index contributed by atoms with van der Waals surface area (Å²) in [5.74, 6) is -1.61. The van der Waals surface area contributed by atoms with Gasteiger partial charge in [0.15, 0.2) is 0 Å². The summed E-state index contributed by atoms with van der Waals surface area (Å²) in [5.41, 5.74) is 0.0116. The monoisotopic (exact) mass is 437 g/mol. The van der Waals surface area contributed by atoms with Crippen molar-refractivity contribution in [2.45, 2.75) is 18.4 Å². The Bertz CT molecular complexity index is 794. The SMILES string of the molecule is COC(=O)CC1CN(Cc2ccccc2)CC1(C(=O)O)c1cc(Br)cs1. The van der Waals surface area contributed by atoms with Gasteiger partial charge in [-0.3, -0.25) is 14.5 Å². The molecule has 2 atom stereocenters. The van der Waals surface area contributed by atoms with Crippen molar-refractivity contribution in [1.82, 2.24) is 4.90 Å². The smallest absolute Gasteiger partial charge is 0.316 e. The van der Waals surface area contributed by atoms with Crippen molar-refractivity contribution in [2.24, 2.45) is 5.92 Å². The molecule has 1 saturated heterocycles. The number of methoxy groups -OCH3 is 1. The number of rotatable bonds is 6. The fraction of sp³-hybridized carbons (Fsp3) is 0.368. The van der Waals surface area contributed by atoms with Crippen molar-refractivity contribution in [3.05, 3.63) is 56.7 Å². The first-order valence-electron chi connectivity index (χ1n) is 8.26. The second-order valence-corrected chi connectivity index (χ2v) is 8.36. The van der Waals surface area contributed by atoms with Crippen LogP contribution in [0, 0.1) is 5.92 Å². The third-order valence-electron chi connectivity index (χ3n) is 4.93. The maximum atomic E-state index is 12.4. The van der Waals surface area contributed by atoms with E-state index in [-0.39, 0.29) is 18.3 Å². The summed E-state index contributed by atoms with van der Waals surface area (Å²) in [5, 5.41) is 12.1. The zero-order valence-corrected chi connectivity index (χ0v) is 16.8.